The van der Waals surface area contributed by atoms with Gasteiger partial charge in [0.1, 0.15) is 0 Å². The normalized spacial score (nSPS) is 14.1. The van der Waals surface area contributed by atoms with Crippen molar-refractivity contribution in [2.45, 2.75) is 97.3 Å². The summed E-state index contributed by atoms with van der Waals surface area (Å²) in [5.41, 5.74) is 0. The van der Waals surface area contributed by atoms with Crippen LogP contribution in [0.5, 0.6) is 0 Å². The molecule has 0 amide bonds. The molecule has 0 radical (unpaired) electrons. The average Bonchev–Trinajstić information content (AvgIpc) is 2.52. The van der Waals surface area contributed by atoms with Crippen LogP contribution in [-0.2, 0) is 10.1 Å². The summed E-state index contributed by atoms with van der Waals surface area (Å²) in [6.45, 7) is 4.69. The van der Waals surface area contributed by atoms with Crippen molar-refractivity contribution in [3.63, 3.8) is 0 Å². The Morgan fingerprint density at radius 1 is 0.840 bits per heavy atom. The zero-order chi connectivity index (χ0) is 18.3. The molecule has 0 aromatic carbocycles. The summed E-state index contributed by atoms with van der Waals surface area (Å²) in [6.07, 6.45) is 15.3. The summed E-state index contributed by atoms with van der Waals surface area (Å²) >= 11 is 4.27. The molecule has 2 unspecified atom stereocenters. The van der Waals surface area contributed by atoms with Gasteiger partial charge in [0.05, 0.1) is 10.1 Å². The monoisotopic (exact) mass is 402 g/mol. The Kier molecular flexibility index (Phi) is 21.2. The molecule has 0 heterocycles. The second-order valence-electron chi connectivity index (χ2n) is 7.35. The first-order valence-corrected chi connectivity index (χ1v) is 12.1. The molecule has 0 aromatic heterocycles. The topological polar surface area (TPSA) is 57.2 Å². The second-order valence-corrected chi connectivity index (χ2v) is 9.32. The van der Waals surface area contributed by atoms with Gasteiger partial charge in [-0.15, -0.1) is 0 Å². The summed E-state index contributed by atoms with van der Waals surface area (Å²) in [4.78, 5) is 0. The third-order valence-electron chi connectivity index (χ3n) is 5.01. The van der Waals surface area contributed by atoms with Crippen LogP contribution in [0.1, 0.15) is 97.3 Å². The molecule has 0 bridgehead atoms. The molecule has 3 nitrogen and oxygen atoms in total. The smallest absolute Gasteiger partial charge is 0.748 e. The largest absolute Gasteiger partial charge is 1.00 e. The Bertz CT molecular complexity index is 375. The number of hydrogen-bond acceptors (Lipinski definition) is 4. The van der Waals surface area contributed by atoms with E-state index >= 15 is 0 Å². The maximum atomic E-state index is 10.5. The minimum Gasteiger partial charge on any atom is -0.748 e. The van der Waals surface area contributed by atoms with Crippen LogP contribution in [0.3, 0.4) is 0 Å². The Morgan fingerprint density at radius 3 is 1.96 bits per heavy atom. The molecule has 0 N–H and O–H groups in total. The van der Waals surface area contributed by atoms with Gasteiger partial charge in [-0.05, 0) is 30.4 Å². The Morgan fingerprint density at radius 2 is 1.40 bits per heavy atom. The molecule has 2 atom stereocenters. The van der Waals surface area contributed by atoms with Crippen molar-refractivity contribution in [2.24, 2.45) is 11.8 Å². The summed E-state index contributed by atoms with van der Waals surface area (Å²) in [5.74, 6) is 2.52. The summed E-state index contributed by atoms with van der Waals surface area (Å²) in [6, 6.07) is 0. The van der Waals surface area contributed by atoms with Crippen LogP contribution in [0, 0.1) is 11.8 Å². The van der Waals surface area contributed by atoms with Gasteiger partial charge < -0.3 is 4.55 Å². The Balaban J connectivity index is 0. The predicted molar refractivity (Wildman–Crippen MR) is 107 cm³/mol. The molecular formula is C19H39NaO3S2. The van der Waals surface area contributed by atoms with Crippen molar-refractivity contribution in [3.05, 3.63) is 0 Å². The average molecular weight is 403 g/mol. The number of hydrogen-bond donors (Lipinski definition) is 1. The molecule has 146 valence electrons. The van der Waals surface area contributed by atoms with Crippen LogP contribution in [0.15, 0.2) is 0 Å². The molecule has 0 aromatic rings. The van der Waals surface area contributed by atoms with Crippen molar-refractivity contribution >= 4 is 22.7 Å². The molecule has 0 aliphatic rings. The number of unbranched alkanes of at least 4 members (excludes halogenated alkanes) is 6. The van der Waals surface area contributed by atoms with Gasteiger partial charge in [0.2, 0.25) is 0 Å². The molecule has 0 spiro atoms. The minimum atomic E-state index is -4.01. The van der Waals surface area contributed by atoms with Crippen molar-refractivity contribution in [1.82, 2.24) is 0 Å². The maximum Gasteiger partial charge on any atom is 1.00 e. The van der Waals surface area contributed by atoms with E-state index < -0.39 is 10.1 Å². The number of rotatable bonds is 17. The van der Waals surface area contributed by atoms with E-state index in [-0.39, 0.29) is 35.3 Å². The first kappa shape index (κ1) is 28.5. The van der Waals surface area contributed by atoms with Gasteiger partial charge in [-0.1, -0.05) is 84.5 Å². The zero-order valence-electron chi connectivity index (χ0n) is 16.8. The predicted octanol–water partition coefficient (Wildman–Crippen LogP) is 2.81. The molecule has 0 aliphatic carbocycles. The van der Waals surface area contributed by atoms with Crippen LogP contribution < -0.4 is 29.6 Å². The fourth-order valence-corrected chi connectivity index (χ4v) is 4.02. The summed E-state index contributed by atoms with van der Waals surface area (Å²) in [7, 11) is -4.01. The molecular weight excluding hydrogens is 363 g/mol. The van der Waals surface area contributed by atoms with E-state index in [0.717, 1.165) is 36.9 Å². The van der Waals surface area contributed by atoms with E-state index in [2.05, 4.69) is 26.5 Å². The fourth-order valence-electron chi connectivity index (χ4n) is 3.24. The Hall–Kier alpha value is 1.26. The van der Waals surface area contributed by atoms with E-state index in [1.54, 1.807) is 0 Å². The van der Waals surface area contributed by atoms with Gasteiger partial charge in [0.25, 0.3) is 0 Å². The third-order valence-corrected chi connectivity index (χ3v) is 6.11. The van der Waals surface area contributed by atoms with Crippen molar-refractivity contribution < 1.29 is 42.5 Å². The van der Waals surface area contributed by atoms with E-state index in [9.17, 15) is 13.0 Å². The van der Waals surface area contributed by atoms with Gasteiger partial charge in [0, 0.05) is 5.75 Å². The van der Waals surface area contributed by atoms with Gasteiger partial charge in [-0.25, -0.2) is 8.42 Å². The summed E-state index contributed by atoms with van der Waals surface area (Å²) < 4.78 is 31.5. The van der Waals surface area contributed by atoms with Gasteiger partial charge >= 0.3 is 29.6 Å². The molecule has 0 aliphatic heterocycles. The molecule has 0 saturated heterocycles. The van der Waals surface area contributed by atoms with Crippen LogP contribution in [0.4, 0.5) is 0 Å². The minimum absolute atomic E-state index is 0. The maximum absolute atomic E-state index is 10.5. The second kappa shape index (κ2) is 18.6. The van der Waals surface area contributed by atoms with Crippen LogP contribution in [-0.4, -0.2) is 24.5 Å². The first-order chi connectivity index (χ1) is 11.4. The molecule has 0 saturated carbocycles. The molecule has 25 heavy (non-hydrogen) atoms. The molecule has 0 rings (SSSR count). The SMILES string of the molecule is CCC(CCCCCCCCS(=O)(=O)[O-])CCC(C)CCCCS.[Na+]. The Labute approximate surface area is 185 Å². The first-order valence-electron chi connectivity index (χ1n) is 9.93. The van der Waals surface area contributed by atoms with Crippen molar-refractivity contribution in [3.8, 4) is 0 Å². The zero-order valence-corrected chi connectivity index (χ0v) is 20.6. The van der Waals surface area contributed by atoms with E-state index in [1.807, 2.05) is 0 Å². The fraction of sp³-hybridized carbons (Fsp3) is 1.00. The van der Waals surface area contributed by atoms with Gasteiger partial charge in [-0.3, -0.25) is 0 Å². The van der Waals surface area contributed by atoms with E-state index in [4.69, 9.17) is 0 Å². The quantitative estimate of drug-likeness (QED) is 0.176. The standard InChI is InChI=1S/C19H40O3S2.Na/c1-3-19(15-14-18(2)12-9-10-16-23)13-8-6-4-5-7-11-17-24(20,21)22;/h18-19,23H,3-17H2,1-2H3,(H,20,21,22);/q;+1/p-1. The van der Waals surface area contributed by atoms with Gasteiger partial charge in [0.15, 0.2) is 0 Å². The van der Waals surface area contributed by atoms with Crippen LogP contribution in [0.2, 0.25) is 0 Å². The number of thiol groups is 1. The van der Waals surface area contributed by atoms with E-state index in [1.165, 1.54) is 57.8 Å². The van der Waals surface area contributed by atoms with E-state index in [0.29, 0.717) is 6.42 Å². The van der Waals surface area contributed by atoms with Crippen molar-refractivity contribution in [2.75, 3.05) is 11.5 Å². The van der Waals surface area contributed by atoms with Gasteiger partial charge in [-0.2, -0.15) is 12.6 Å². The summed E-state index contributed by atoms with van der Waals surface area (Å²) in [5, 5.41) is 0. The molecule has 0 fully saturated rings. The van der Waals surface area contributed by atoms with Crippen LogP contribution >= 0.6 is 12.6 Å². The van der Waals surface area contributed by atoms with Crippen molar-refractivity contribution in [1.29, 1.82) is 0 Å². The van der Waals surface area contributed by atoms with Crippen LogP contribution in [0.25, 0.3) is 0 Å². The molecule has 6 heteroatoms. The third kappa shape index (κ3) is 21.4.